The number of ketones is 2. The zero-order chi connectivity index (χ0) is 21.6. The highest BCUT2D eigenvalue weighted by molar-refractivity contribution is 6.39. The molecule has 0 N–H and O–H groups in total. The highest BCUT2D eigenvalue weighted by Gasteiger charge is 2.36. The van der Waals surface area contributed by atoms with Gasteiger partial charge in [-0.15, -0.1) is 0 Å². The van der Waals surface area contributed by atoms with Gasteiger partial charge in [0.15, 0.2) is 11.6 Å². The van der Waals surface area contributed by atoms with Crippen LogP contribution in [0.4, 0.5) is 19.0 Å². The molecular weight excluding hydrogens is 419 g/mol. The van der Waals surface area contributed by atoms with Gasteiger partial charge in [-0.25, -0.2) is 4.98 Å². The molecule has 0 radical (unpaired) electrons. The van der Waals surface area contributed by atoms with Gasteiger partial charge in [0.25, 0.3) is 0 Å². The van der Waals surface area contributed by atoms with Gasteiger partial charge in [-0.05, 0) is 13.0 Å². The number of fused-ring (bicyclic) bond motifs is 1. The third kappa shape index (κ3) is 3.45. The fraction of sp³-hybridized carbons (Fsp3) is 0.286. The average Bonchev–Trinajstić information content (AvgIpc) is 2.97. The summed E-state index contributed by atoms with van der Waals surface area (Å²) in [7, 11) is 0. The van der Waals surface area contributed by atoms with Crippen LogP contribution in [0.15, 0.2) is 47.8 Å². The molecule has 1 fully saturated rings. The molecule has 156 valence electrons. The second-order valence-electron chi connectivity index (χ2n) is 7.17. The minimum Gasteiger partial charge on any atom is -0.371 e. The summed E-state index contributed by atoms with van der Waals surface area (Å²) in [5.41, 5.74) is 0.711. The summed E-state index contributed by atoms with van der Waals surface area (Å²) in [6.07, 6.45) is -3.73. The Labute approximate surface area is 175 Å². The number of nitrogens with zero attached hydrogens (tertiary/aromatic N) is 3. The van der Waals surface area contributed by atoms with E-state index in [-0.39, 0.29) is 28.0 Å². The van der Waals surface area contributed by atoms with Crippen LogP contribution in [0.1, 0.15) is 33.2 Å². The van der Waals surface area contributed by atoms with Gasteiger partial charge in [-0.1, -0.05) is 35.9 Å². The summed E-state index contributed by atoms with van der Waals surface area (Å²) >= 11 is 6.04. The molecule has 1 aromatic carbocycles. The van der Waals surface area contributed by atoms with Crippen LogP contribution in [0.5, 0.6) is 0 Å². The van der Waals surface area contributed by atoms with Crippen molar-refractivity contribution in [2.24, 2.45) is 0 Å². The van der Waals surface area contributed by atoms with Gasteiger partial charge >= 0.3 is 6.18 Å². The first-order valence-corrected chi connectivity index (χ1v) is 9.68. The van der Waals surface area contributed by atoms with Gasteiger partial charge in [0.1, 0.15) is 5.82 Å². The summed E-state index contributed by atoms with van der Waals surface area (Å²) in [6, 6.07) is 7.61. The van der Waals surface area contributed by atoms with Gasteiger partial charge in [-0.3, -0.25) is 9.59 Å². The molecule has 5 nitrogen and oxygen atoms in total. The SMILES string of the molecule is CC(=C1C(=O)c2ccccc2C1=O)N1CCN(c2ncc(C(F)(F)F)cc2Cl)CC1. The van der Waals surface area contributed by atoms with Crippen molar-refractivity contribution in [3.8, 4) is 0 Å². The molecular formula is C21H17ClF3N3O2. The standard InChI is InChI=1S/C21H17ClF3N3O2/c1-12(17-18(29)14-4-2-3-5-15(14)19(17)30)27-6-8-28(9-7-27)20-16(22)10-13(11-26-20)21(23,24)25/h2-5,10-11H,6-9H2,1H3. The topological polar surface area (TPSA) is 53.5 Å². The fourth-order valence-electron chi connectivity index (χ4n) is 3.81. The number of hydrogen-bond acceptors (Lipinski definition) is 5. The second kappa shape index (κ2) is 7.43. The molecule has 0 unspecified atom stereocenters. The summed E-state index contributed by atoms with van der Waals surface area (Å²) < 4.78 is 38.4. The summed E-state index contributed by atoms with van der Waals surface area (Å²) in [4.78, 5) is 33.0. The van der Waals surface area contributed by atoms with Crippen molar-refractivity contribution in [3.63, 3.8) is 0 Å². The largest absolute Gasteiger partial charge is 0.417 e. The van der Waals surface area contributed by atoms with Gasteiger partial charge < -0.3 is 9.80 Å². The number of halogens is 4. The lowest BCUT2D eigenvalue weighted by atomic mass is 10.1. The second-order valence-corrected chi connectivity index (χ2v) is 7.57. The van der Waals surface area contributed by atoms with Crippen molar-refractivity contribution >= 4 is 29.0 Å². The lowest BCUT2D eigenvalue weighted by molar-refractivity contribution is -0.137. The van der Waals surface area contributed by atoms with Crippen LogP contribution in [-0.2, 0) is 6.18 Å². The molecule has 1 aliphatic carbocycles. The van der Waals surface area contributed by atoms with E-state index in [2.05, 4.69) is 4.98 Å². The zero-order valence-corrected chi connectivity index (χ0v) is 16.7. The highest BCUT2D eigenvalue weighted by atomic mass is 35.5. The Bertz CT molecular complexity index is 1040. The zero-order valence-electron chi connectivity index (χ0n) is 16.0. The average molecular weight is 436 g/mol. The number of benzene rings is 1. The Morgan fingerprint density at radius 1 is 1.03 bits per heavy atom. The molecule has 0 saturated carbocycles. The molecule has 2 aliphatic rings. The summed E-state index contributed by atoms with van der Waals surface area (Å²) in [5.74, 6) is -0.263. The fourth-order valence-corrected chi connectivity index (χ4v) is 4.10. The number of anilines is 1. The Kier molecular flexibility index (Phi) is 5.05. The van der Waals surface area contributed by atoms with Crippen LogP contribution in [0.25, 0.3) is 0 Å². The number of pyridine rings is 1. The molecule has 30 heavy (non-hydrogen) atoms. The minimum absolute atomic E-state index is 0.0649. The maximum atomic E-state index is 12.8. The lowest BCUT2D eigenvalue weighted by Gasteiger charge is -2.37. The number of carbonyl (C=O) groups excluding carboxylic acids is 2. The van der Waals surface area contributed by atoms with E-state index in [9.17, 15) is 22.8 Å². The van der Waals surface area contributed by atoms with Crippen LogP contribution >= 0.6 is 11.6 Å². The third-order valence-electron chi connectivity index (χ3n) is 5.43. The van der Waals surface area contributed by atoms with Crippen LogP contribution < -0.4 is 4.90 Å². The number of hydrogen-bond donors (Lipinski definition) is 0. The van der Waals surface area contributed by atoms with Gasteiger partial charge in [-0.2, -0.15) is 13.2 Å². The van der Waals surface area contributed by atoms with Crippen molar-refractivity contribution in [1.29, 1.82) is 0 Å². The molecule has 9 heteroatoms. The molecule has 1 saturated heterocycles. The number of rotatable bonds is 2. The summed E-state index contributed by atoms with van der Waals surface area (Å²) in [5, 5.41) is -0.0649. The first-order chi connectivity index (χ1) is 14.2. The van der Waals surface area contributed by atoms with E-state index in [1.165, 1.54) is 0 Å². The monoisotopic (exact) mass is 435 g/mol. The first-order valence-electron chi connectivity index (χ1n) is 9.30. The van der Waals surface area contributed by atoms with Crippen LogP contribution in [0.3, 0.4) is 0 Å². The molecule has 0 spiro atoms. The number of alkyl halides is 3. The number of Topliss-reactive ketones (excluding diaryl/α,β-unsaturated/α-hetero) is 2. The quantitative estimate of drug-likeness (QED) is 0.522. The van der Waals surface area contributed by atoms with E-state index >= 15 is 0 Å². The maximum absolute atomic E-state index is 12.8. The molecule has 0 atom stereocenters. The Morgan fingerprint density at radius 3 is 2.10 bits per heavy atom. The number of aromatic nitrogens is 1. The van der Waals surface area contributed by atoms with Crippen LogP contribution in [0.2, 0.25) is 5.02 Å². The number of carbonyl (C=O) groups is 2. The molecule has 2 aromatic rings. The van der Waals surface area contributed by atoms with E-state index in [1.54, 1.807) is 36.1 Å². The predicted molar refractivity (Wildman–Crippen MR) is 106 cm³/mol. The maximum Gasteiger partial charge on any atom is 0.417 e. The van der Waals surface area contributed by atoms with Gasteiger partial charge in [0, 0.05) is 49.2 Å². The first kappa shape index (κ1) is 20.4. The lowest BCUT2D eigenvalue weighted by Crippen LogP contribution is -2.46. The smallest absolute Gasteiger partial charge is 0.371 e. The third-order valence-corrected chi connectivity index (χ3v) is 5.71. The molecule has 1 aromatic heterocycles. The van der Waals surface area contributed by atoms with E-state index in [1.807, 2.05) is 4.90 Å². The van der Waals surface area contributed by atoms with Crippen molar-refractivity contribution < 1.29 is 22.8 Å². The Balaban J connectivity index is 1.51. The highest BCUT2D eigenvalue weighted by Crippen LogP contribution is 2.34. The van der Waals surface area contributed by atoms with Crippen molar-refractivity contribution in [2.45, 2.75) is 13.1 Å². The predicted octanol–water partition coefficient (Wildman–Crippen LogP) is 4.23. The molecule has 0 amide bonds. The van der Waals surface area contributed by atoms with Crippen molar-refractivity contribution in [2.75, 3.05) is 31.1 Å². The van der Waals surface area contributed by atoms with Crippen LogP contribution in [-0.4, -0.2) is 47.6 Å². The molecule has 4 rings (SSSR count). The minimum atomic E-state index is -4.50. The van der Waals surface area contributed by atoms with E-state index in [0.717, 1.165) is 12.3 Å². The Hall–Kier alpha value is -2.87. The number of allylic oxidation sites excluding steroid dienone is 2. The van der Waals surface area contributed by atoms with E-state index in [4.69, 9.17) is 11.6 Å². The molecule has 0 bridgehead atoms. The van der Waals surface area contributed by atoms with Crippen molar-refractivity contribution in [3.05, 3.63) is 69.5 Å². The van der Waals surface area contributed by atoms with E-state index in [0.29, 0.717) is 43.0 Å². The van der Waals surface area contributed by atoms with E-state index < -0.39 is 11.7 Å². The van der Waals surface area contributed by atoms with Crippen LogP contribution in [0, 0.1) is 0 Å². The molecule has 2 heterocycles. The summed E-state index contributed by atoms with van der Waals surface area (Å²) in [6.45, 7) is 3.59. The van der Waals surface area contributed by atoms with Crippen molar-refractivity contribution in [1.82, 2.24) is 9.88 Å². The van der Waals surface area contributed by atoms with Gasteiger partial charge in [0.05, 0.1) is 16.2 Å². The number of piperazine rings is 1. The molecule has 1 aliphatic heterocycles. The normalized spacial score (nSPS) is 16.9. The van der Waals surface area contributed by atoms with Gasteiger partial charge in [0.2, 0.25) is 0 Å². The Morgan fingerprint density at radius 2 is 1.60 bits per heavy atom.